The smallest absolute Gasteiger partial charge is 0.310 e. The highest BCUT2D eigenvalue weighted by atomic mass is 32.2. The largest absolute Gasteiger partial charge is 0.465 e. The minimum absolute atomic E-state index is 0.0216. The number of unbranched alkanes of at least 4 members (excludes halogenated alkanes) is 4. The van der Waals surface area contributed by atoms with Gasteiger partial charge in [-0.1, -0.05) is 45.8 Å². The van der Waals surface area contributed by atoms with Crippen molar-refractivity contribution in [2.24, 2.45) is 17.8 Å². The van der Waals surface area contributed by atoms with Crippen LogP contribution in [0.25, 0.3) is 0 Å². The second-order valence-corrected chi connectivity index (χ2v) is 12.6. The van der Waals surface area contributed by atoms with Crippen molar-refractivity contribution < 1.29 is 24.2 Å². The Morgan fingerprint density at radius 2 is 2.00 bits per heavy atom. The topological polar surface area (TPSA) is 87.1 Å². The van der Waals surface area contributed by atoms with Crippen LogP contribution in [0.3, 0.4) is 0 Å². The standard InChI is InChI=1S/C29H46N2O5S/c1-6-9-11-13-18-36-28(35)23-22-14-15-29(37-22)24(23)26(33)31(21(19-32)20(4)5)25(29)27(34)30(16-8-3)17-12-10-7-2/h6,8,20-25,32H,1,3,7,9-19H2,2,4-5H3/t21-,22+,23-,24-,25?,29?/m0/s1. The molecule has 0 saturated carbocycles. The zero-order valence-corrected chi connectivity index (χ0v) is 23.7. The molecule has 2 unspecified atom stereocenters. The van der Waals surface area contributed by atoms with E-state index < -0.39 is 28.7 Å². The summed E-state index contributed by atoms with van der Waals surface area (Å²) in [6.45, 7) is 14.8. The Morgan fingerprint density at radius 1 is 1.24 bits per heavy atom. The number of carbonyl (C=O) groups excluding carboxylic acids is 3. The zero-order chi connectivity index (χ0) is 27.2. The number of hydrogen-bond acceptors (Lipinski definition) is 6. The van der Waals surface area contributed by atoms with E-state index in [4.69, 9.17) is 4.74 Å². The molecule has 0 aliphatic carbocycles. The van der Waals surface area contributed by atoms with Crippen molar-refractivity contribution in [3.63, 3.8) is 0 Å². The average Bonchev–Trinajstić information content (AvgIpc) is 3.51. The molecule has 2 amide bonds. The van der Waals surface area contributed by atoms with Crippen molar-refractivity contribution >= 4 is 29.5 Å². The summed E-state index contributed by atoms with van der Waals surface area (Å²) in [6.07, 6.45) is 10.6. The minimum atomic E-state index is -0.702. The lowest BCUT2D eigenvalue weighted by atomic mass is 9.71. The van der Waals surface area contributed by atoms with Gasteiger partial charge in [0.05, 0.1) is 35.8 Å². The summed E-state index contributed by atoms with van der Waals surface area (Å²) < 4.78 is 5.01. The third-order valence-electron chi connectivity index (χ3n) is 8.30. The summed E-state index contributed by atoms with van der Waals surface area (Å²) in [5, 5.41) is 10.3. The van der Waals surface area contributed by atoms with Crippen molar-refractivity contribution in [2.45, 2.75) is 94.2 Å². The first-order chi connectivity index (χ1) is 17.8. The number of aliphatic hydroxyl groups excluding tert-OH is 1. The number of carbonyl (C=O) groups is 3. The van der Waals surface area contributed by atoms with E-state index in [1.165, 1.54) is 0 Å². The molecule has 6 atom stereocenters. The number of aliphatic hydroxyl groups is 1. The number of nitrogens with zero attached hydrogens (tertiary/aromatic N) is 2. The van der Waals surface area contributed by atoms with Crippen LogP contribution in [0.4, 0.5) is 0 Å². The van der Waals surface area contributed by atoms with Crippen LogP contribution in [0.2, 0.25) is 0 Å². The summed E-state index contributed by atoms with van der Waals surface area (Å²) in [7, 11) is 0. The minimum Gasteiger partial charge on any atom is -0.465 e. The van der Waals surface area contributed by atoms with E-state index in [9.17, 15) is 19.5 Å². The van der Waals surface area contributed by atoms with Crippen molar-refractivity contribution in [3.8, 4) is 0 Å². The monoisotopic (exact) mass is 534 g/mol. The van der Waals surface area contributed by atoms with Crippen molar-refractivity contribution in [1.29, 1.82) is 0 Å². The molecule has 1 spiro atoms. The SMILES string of the molecule is C=CCCCCOC(=O)[C@@H]1[C@H]2C(=O)N([C@@H](CO)C(C)C)C(C(=O)N(CC=C)CCCCC)C23CC[C@H]1S3. The van der Waals surface area contributed by atoms with Crippen LogP contribution in [-0.2, 0) is 19.1 Å². The summed E-state index contributed by atoms with van der Waals surface area (Å²) >= 11 is 1.65. The van der Waals surface area contributed by atoms with Crippen LogP contribution < -0.4 is 0 Å². The number of amides is 2. The van der Waals surface area contributed by atoms with Gasteiger partial charge >= 0.3 is 5.97 Å². The Morgan fingerprint density at radius 3 is 2.62 bits per heavy atom. The summed E-state index contributed by atoms with van der Waals surface area (Å²) in [5.41, 5.74) is 0. The second-order valence-electron chi connectivity index (χ2n) is 11.0. The third-order valence-corrected chi connectivity index (χ3v) is 10.2. The molecule has 0 radical (unpaired) electrons. The molecule has 8 heteroatoms. The Kier molecular flexibility index (Phi) is 10.7. The molecular formula is C29H46N2O5S. The number of allylic oxidation sites excluding steroid dienone is 1. The van der Waals surface area contributed by atoms with Crippen molar-refractivity contribution in [1.82, 2.24) is 9.80 Å². The van der Waals surface area contributed by atoms with E-state index in [1.54, 1.807) is 22.7 Å². The van der Waals surface area contributed by atoms with Crippen LogP contribution in [0.5, 0.6) is 0 Å². The van der Waals surface area contributed by atoms with Gasteiger partial charge in [0.25, 0.3) is 0 Å². The molecule has 3 aliphatic heterocycles. The van der Waals surface area contributed by atoms with Gasteiger partial charge in [0, 0.05) is 18.3 Å². The fourth-order valence-electron chi connectivity index (χ4n) is 6.45. The van der Waals surface area contributed by atoms with Crippen LogP contribution in [0.15, 0.2) is 25.3 Å². The molecule has 1 N–H and O–H groups in total. The fraction of sp³-hybridized carbons (Fsp3) is 0.759. The fourth-order valence-corrected chi connectivity index (χ4v) is 8.64. The normalized spacial score (nSPS) is 28.9. The van der Waals surface area contributed by atoms with E-state index >= 15 is 0 Å². The lowest BCUT2D eigenvalue weighted by Crippen LogP contribution is -2.58. The first kappa shape index (κ1) is 29.8. The Bertz CT molecular complexity index is 848. The predicted octanol–water partition coefficient (Wildman–Crippen LogP) is 4.20. The molecule has 0 aromatic carbocycles. The van der Waals surface area contributed by atoms with Crippen molar-refractivity contribution in [2.75, 3.05) is 26.3 Å². The number of thioether (sulfide) groups is 1. The molecular weight excluding hydrogens is 488 g/mol. The van der Waals surface area contributed by atoms with Gasteiger partial charge in [-0.3, -0.25) is 14.4 Å². The Labute approximate surface area is 227 Å². The number of likely N-dealkylation sites (tertiary alicyclic amines) is 1. The van der Waals surface area contributed by atoms with Gasteiger partial charge in [-0.05, 0) is 44.4 Å². The summed E-state index contributed by atoms with van der Waals surface area (Å²) in [4.78, 5) is 45.2. The molecule has 3 rings (SSSR count). The number of hydrogen-bond donors (Lipinski definition) is 1. The maximum Gasteiger partial charge on any atom is 0.310 e. The number of ether oxygens (including phenoxy) is 1. The van der Waals surface area contributed by atoms with E-state index in [0.717, 1.165) is 44.9 Å². The Balaban J connectivity index is 1.94. The Hall–Kier alpha value is -1.80. The number of esters is 1. The van der Waals surface area contributed by atoms with Crippen LogP contribution >= 0.6 is 11.8 Å². The highest BCUT2D eigenvalue weighted by Gasteiger charge is 2.74. The first-order valence-electron chi connectivity index (χ1n) is 14.1. The molecule has 3 heterocycles. The molecule has 7 nitrogen and oxygen atoms in total. The van der Waals surface area contributed by atoms with Gasteiger partial charge in [-0.2, -0.15) is 0 Å². The van der Waals surface area contributed by atoms with Crippen molar-refractivity contribution in [3.05, 3.63) is 25.3 Å². The van der Waals surface area contributed by atoms with E-state index in [-0.39, 0.29) is 35.6 Å². The lowest BCUT2D eigenvalue weighted by molar-refractivity contribution is -0.155. The second kappa shape index (κ2) is 13.3. The highest BCUT2D eigenvalue weighted by Crippen LogP contribution is 2.67. The number of rotatable bonds is 16. The van der Waals surface area contributed by atoms with Gasteiger partial charge in [-0.25, -0.2) is 0 Å². The molecule has 3 fully saturated rings. The van der Waals surface area contributed by atoms with Crippen LogP contribution in [0, 0.1) is 17.8 Å². The van der Waals surface area contributed by atoms with E-state index in [1.807, 2.05) is 24.8 Å². The lowest BCUT2D eigenvalue weighted by Gasteiger charge is -2.40. The molecule has 0 aromatic rings. The molecule has 3 saturated heterocycles. The zero-order valence-electron chi connectivity index (χ0n) is 22.9. The van der Waals surface area contributed by atoms with Gasteiger partial charge in [0.2, 0.25) is 11.8 Å². The highest BCUT2D eigenvalue weighted by molar-refractivity contribution is 8.02. The molecule has 0 aromatic heterocycles. The van der Waals surface area contributed by atoms with Gasteiger partial charge < -0.3 is 19.6 Å². The molecule has 3 aliphatic rings. The summed E-state index contributed by atoms with van der Waals surface area (Å²) in [5.74, 6) is -1.77. The molecule has 2 bridgehead atoms. The maximum atomic E-state index is 14.3. The van der Waals surface area contributed by atoms with Crippen LogP contribution in [0.1, 0.15) is 72.1 Å². The van der Waals surface area contributed by atoms with E-state index in [2.05, 4.69) is 20.1 Å². The molecule has 208 valence electrons. The third kappa shape index (κ3) is 5.80. The van der Waals surface area contributed by atoms with Crippen LogP contribution in [-0.4, -0.2) is 81.1 Å². The van der Waals surface area contributed by atoms with E-state index in [0.29, 0.717) is 26.1 Å². The average molecular weight is 535 g/mol. The molecule has 37 heavy (non-hydrogen) atoms. The quantitative estimate of drug-likeness (QED) is 0.181. The predicted molar refractivity (Wildman–Crippen MR) is 148 cm³/mol. The first-order valence-corrected chi connectivity index (χ1v) is 14.9. The van der Waals surface area contributed by atoms with Gasteiger partial charge in [0.15, 0.2) is 0 Å². The maximum absolute atomic E-state index is 14.3. The number of fused-ring (bicyclic) bond motifs is 1. The van der Waals surface area contributed by atoms with Gasteiger partial charge in [0.1, 0.15) is 6.04 Å². The summed E-state index contributed by atoms with van der Waals surface area (Å²) in [6, 6.07) is -1.19. The van der Waals surface area contributed by atoms with Gasteiger partial charge in [-0.15, -0.1) is 24.9 Å².